The van der Waals surface area contributed by atoms with Crippen LogP contribution in [-0.4, -0.2) is 5.66 Å². The highest BCUT2D eigenvalue weighted by Crippen LogP contribution is 2.38. The predicted octanol–water partition coefficient (Wildman–Crippen LogP) is 4.03. The molecule has 0 N–H and O–H groups in total. The van der Waals surface area contributed by atoms with Crippen molar-refractivity contribution >= 4 is 13.1 Å². The molecule has 1 aliphatic carbocycles. The predicted molar refractivity (Wildman–Crippen MR) is 69.9 cm³/mol. The van der Waals surface area contributed by atoms with Crippen molar-refractivity contribution < 1.29 is 4.57 Å². The average Bonchev–Trinajstić information content (AvgIpc) is 2.39. The van der Waals surface area contributed by atoms with Crippen LogP contribution in [0, 0.1) is 0 Å². The fourth-order valence-corrected chi connectivity index (χ4v) is 4.51. The van der Waals surface area contributed by atoms with Crippen LogP contribution in [0.25, 0.3) is 0 Å². The summed E-state index contributed by atoms with van der Waals surface area (Å²) in [6, 6.07) is 8.24. The van der Waals surface area contributed by atoms with Gasteiger partial charge in [-0.05, 0) is 38.2 Å². The van der Waals surface area contributed by atoms with Crippen LogP contribution >= 0.6 is 7.80 Å². The third-order valence-corrected chi connectivity index (χ3v) is 5.61. The zero-order chi connectivity index (χ0) is 11.4. The second kappa shape index (κ2) is 5.59. The number of aryl methyl sites for hydroxylation is 1. The Labute approximate surface area is 99.0 Å². The molecule has 2 heteroatoms. The first-order chi connectivity index (χ1) is 7.83. The largest absolute Gasteiger partial charge is 0.380 e. The maximum atomic E-state index is 12.5. The van der Waals surface area contributed by atoms with Crippen LogP contribution in [0.5, 0.6) is 0 Å². The molecule has 86 valence electrons. The quantitative estimate of drug-likeness (QED) is 0.723. The molecule has 0 spiro atoms. The lowest BCUT2D eigenvalue weighted by atomic mass is 10.0. The SMILES string of the molecule is CCc1ccccc1[P+](=O)C1CCCCC1. The molecule has 0 heterocycles. The van der Waals surface area contributed by atoms with Gasteiger partial charge in [-0.15, -0.1) is 0 Å². The van der Waals surface area contributed by atoms with Crippen molar-refractivity contribution in [3.05, 3.63) is 29.8 Å². The Hall–Kier alpha value is -0.680. The van der Waals surface area contributed by atoms with E-state index in [-0.39, 0.29) is 0 Å². The molecule has 0 aliphatic heterocycles. The number of rotatable bonds is 3. The van der Waals surface area contributed by atoms with Gasteiger partial charge in [-0.3, -0.25) is 0 Å². The lowest BCUT2D eigenvalue weighted by molar-refractivity contribution is 0.494. The molecule has 1 unspecified atom stereocenters. The van der Waals surface area contributed by atoms with E-state index in [1.165, 1.54) is 24.8 Å². The van der Waals surface area contributed by atoms with Crippen molar-refractivity contribution in [2.75, 3.05) is 0 Å². The van der Waals surface area contributed by atoms with E-state index in [4.69, 9.17) is 0 Å². The number of benzene rings is 1. The highest BCUT2D eigenvalue weighted by molar-refractivity contribution is 7.54. The minimum absolute atomic E-state index is 0.441. The van der Waals surface area contributed by atoms with E-state index in [2.05, 4.69) is 19.1 Å². The fraction of sp³-hybridized carbons (Fsp3) is 0.571. The highest BCUT2D eigenvalue weighted by atomic mass is 31.1. The Morgan fingerprint density at radius 3 is 2.56 bits per heavy atom. The fourth-order valence-electron chi connectivity index (χ4n) is 2.54. The molecule has 0 radical (unpaired) electrons. The molecule has 1 nitrogen and oxygen atoms in total. The van der Waals surface area contributed by atoms with Crippen LogP contribution in [-0.2, 0) is 11.0 Å². The van der Waals surface area contributed by atoms with Gasteiger partial charge in [0.25, 0.3) is 0 Å². The van der Waals surface area contributed by atoms with Gasteiger partial charge in [0.1, 0.15) is 0 Å². The van der Waals surface area contributed by atoms with Crippen LogP contribution in [0.15, 0.2) is 24.3 Å². The molecule has 1 saturated carbocycles. The van der Waals surface area contributed by atoms with E-state index >= 15 is 0 Å². The lowest BCUT2D eigenvalue weighted by Gasteiger charge is -2.13. The summed E-state index contributed by atoms with van der Waals surface area (Å²) in [7, 11) is -1.17. The molecule has 0 saturated heterocycles. The zero-order valence-electron chi connectivity index (χ0n) is 9.98. The molecule has 0 aromatic heterocycles. The van der Waals surface area contributed by atoms with Crippen molar-refractivity contribution in [2.45, 2.75) is 51.1 Å². The molecule has 1 aromatic carbocycles. The van der Waals surface area contributed by atoms with Gasteiger partial charge >= 0.3 is 7.80 Å². The molecular formula is C14H20OP+. The normalized spacial score (nSPS) is 18.4. The molecular weight excluding hydrogens is 215 g/mol. The minimum atomic E-state index is -1.17. The molecule has 0 amide bonds. The Morgan fingerprint density at radius 2 is 1.88 bits per heavy atom. The lowest BCUT2D eigenvalue weighted by Crippen LogP contribution is -2.15. The van der Waals surface area contributed by atoms with E-state index in [1.807, 2.05) is 12.1 Å². The van der Waals surface area contributed by atoms with Crippen molar-refractivity contribution in [1.29, 1.82) is 0 Å². The third kappa shape index (κ3) is 2.52. The van der Waals surface area contributed by atoms with Crippen LogP contribution in [0.3, 0.4) is 0 Å². The maximum absolute atomic E-state index is 12.5. The molecule has 1 fully saturated rings. The summed E-state index contributed by atoms with van der Waals surface area (Å²) < 4.78 is 12.5. The molecule has 1 atom stereocenters. The van der Waals surface area contributed by atoms with E-state index in [0.717, 1.165) is 24.6 Å². The van der Waals surface area contributed by atoms with Crippen molar-refractivity contribution in [1.82, 2.24) is 0 Å². The first-order valence-electron chi connectivity index (χ1n) is 6.37. The second-order valence-electron chi connectivity index (χ2n) is 4.60. The van der Waals surface area contributed by atoms with Crippen LogP contribution < -0.4 is 5.30 Å². The Kier molecular flexibility index (Phi) is 4.12. The first-order valence-corrected chi connectivity index (χ1v) is 7.70. The van der Waals surface area contributed by atoms with E-state index < -0.39 is 7.80 Å². The average molecular weight is 235 g/mol. The van der Waals surface area contributed by atoms with Gasteiger partial charge in [-0.1, -0.05) is 36.1 Å². The van der Waals surface area contributed by atoms with Gasteiger partial charge in [0, 0.05) is 5.56 Å². The number of hydrogen-bond acceptors (Lipinski definition) is 1. The summed E-state index contributed by atoms with van der Waals surface area (Å²) in [5, 5.41) is 1.12. The monoisotopic (exact) mass is 235 g/mol. The van der Waals surface area contributed by atoms with Crippen molar-refractivity contribution in [2.24, 2.45) is 0 Å². The molecule has 2 rings (SSSR count). The van der Waals surface area contributed by atoms with Gasteiger partial charge in [-0.2, -0.15) is 0 Å². The maximum Gasteiger partial charge on any atom is 0.380 e. The van der Waals surface area contributed by atoms with Gasteiger partial charge < -0.3 is 0 Å². The standard InChI is InChI=1S/C14H20OP/c1-2-12-8-6-7-11-14(12)16(15)13-9-4-3-5-10-13/h6-8,11,13H,2-5,9-10H2,1H3/q+1. The summed E-state index contributed by atoms with van der Waals surface area (Å²) in [6.45, 7) is 2.14. The minimum Gasteiger partial charge on any atom is -0.0677 e. The summed E-state index contributed by atoms with van der Waals surface area (Å²) in [6.07, 6.45) is 7.17. The first kappa shape index (κ1) is 11.8. The van der Waals surface area contributed by atoms with Gasteiger partial charge in [0.2, 0.25) is 0 Å². The Bertz CT molecular complexity index is 367. The van der Waals surface area contributed by atoms with Crippen LogP contribution in [0.1, 0.15) is 44.6 Å². The van der Waals surface area contributed by atoms with Crippen LogP contribution in [0.4, 0.5) is 0 Å². The van der Waals surface area contributed by atoms with Gasteiger partial charge in [-0.25, -0.2) is 0 Å². The second-order valence-corrected chi connectivity index (χ2v) is 6.46. The Morgan fingerprint density at radius 1 is 1.19 bits per heavy atom. The highest BCUT2D eigenvalue weighted by Gasteiger charge is 2.34. The summed E-state index contributed by atoms with van der Waals surface area (Å²) in [5.74, 6) is 0. The van der Waals surface area contributed by atoms with E-state index in [1.54, 1.807) is 0 Å². The molecule has 16 heavy (non-hydrogen) atoms. The Balaban J connectivity index is 2.19. The molecule has 1 aromatic rings. The summed E-state index contributed by atoms with van der Waals surface area (Å²) in [4.78, 5) is 0. The van der Waals surface area contributed by atoms with E-state index in [9.17, 15) is 4.57 Å². The zero-order valence-corrected chi connectivity index (χ0v) is 10.9. The molecule has 1 aliphatic rings. The van der Waals surface area contributed by atoms with Gasteiger partial charge in [0.15, 0.2) is 11.0 Å². The van der Waals surface area contributed by atoms with E-state index in [0.29, 0.717) is 5.66 Å². The third-order valence-electron chi connectivity index (χ3n) is 3.52. The smallest absolute Gasteiger partial charge is 0.0677 e. The summed E-state index contributed by atoms with van der Waals surface area (Å²) >= 11 is 0. The molecule has 0 bridgehead atoms. The topological polar surface area (TPSA) is 17.1 Å². The number of hydrogen-bond donors (Lipinski definition) is 0. The van der Waals surface area contributed by atoms with Crippen molar-refractivity contribution in [3.63, 3.8) is 0 Å². The van der Waals surface area contributed by atoms with Gasteiger partial charge in [0.05, 0.1) is 0 Å². The van der Waals surface area contributed by atoms with Crippen molar-refractivity contribution in [3.8, 4) is 0 Å². The summed E-state index contributed by atoms with van der Waals surface area (Å²) in [5.41, 5.74) is 1.71. The van der Waals surface area contributed by atoms with Crippen LogP contribution in [0.2, 0.25) is 0 Å².